The fourth-order valence-corrected chi connectivity index (χ4v) is 5.62. The summed E-state index contributed by atoms with van der Waals surface area (Å²) in [6.45, 7) is 7.31. The highest BCUT2D eigenvalue weighted by Crippen LogP contribution is 2.40. The van der Waals surface area contributed by atoms with Crippen LogP contribution in [0.1, 0.15) is 59.5 Å². The van der Waals surface area contributed by atoms with E-state index < -0.39 is 0 Å². The summed E-state index contributed by atoms with van der Waals surface area (Å²) >= 11 is 0. The van der Waals surface area contributed by atoms with Gasteiger partial charge in [0.2, 0.25) is 0 Å². The Morgan fingerprint density at radius 1 is 1.00 bits per heavy atom. The first-order valence-corrected chi connectivity index (χ1v) is 11.9. The maximum atomic E-state index is 13.1. The van der Waals surface area contributed by atoms with Crippen molar-refractivity contribution in [2.75, 3.05) is 19.6 Å². The first-order chi connectivity index (χ1) is 15.1. The fraction of sp³-hybridized carbons (Fsp3) is 0.519. The molecule has 2 aromatic rings. The second-order valence-corrected chi connectivity index (χ2v) is 9.99. The molecule has 4 heteroatoms. The summed E-state index contributed by atoms with van der Waals surface area (Å²) in [6, 6.07) is 11.6. The number of rotatable bonds is 7. The summed E-state index contributed by atoms with van der Waals surface area (Å²) < 4.78 is 13.1. The molecule has 3 nitrogen and oxygen atoms in total. The molecule has 1 saturated heterocycles. The van der Waals surface area contributed by atoms with E-state index in [1.807, 2.05) is 12.1 Å². The maximum absolute atomic E-state index is 13.1. The summed E-state index contributed by atoms with van der Waals surface area (Å²) in [5.41, 5.74) is 6.56. The lowest BCUT2D eigenvalue weighted by Crippen LogP contribution is -2.33. The number of nitrogens with zero attached hydrogens (tertiary/aromatic N) is 2. The van der Waals surface area contributed by atoms with Gasteiger partial charge in [-0.05, 0) is 104 Å². The van der Waals surface area contributed by atoms with Crippen molar-refractivity contribution in [1.82, 2.24) is 9.80 Å². The second kappa shape index (κ2) is 8.84. The van der Waals surface area contributed by atoms with E-state index in [4.69, 9.17) is 0 Å². The zero-order valence-corrected chi connectivity index (χ0v) is 18.5. The molecule has 2 aliphatic heterocycles. The molecule has 1 aliphatic carbocycles. The number of hydrogen-bond acceptors (Lipinski definition) is 3. The molecule has 0 bridgehead atoms. The standard InChI is InChI=1S/C27H33FN2O/c1-19-12-23(14-24-17-30(16-22-2-3-22)26(18-31)27(19)24)13-20-8-10-29(11-9-20)15-21-4-6-25(28)7-5-21/h4-7,12,14,18,20,22,26H,2-3,8-11,13,15-17H2,1H3. The lowest BCUT2D eigenvalue weighted by molar-refractivity contribution is -0.112. The highest BCUT2D eigenvalue weighted by molar-refractivity contribution is 5.66. The zero-order valence-electron chi connectivity index (χ0n) is 18.5. The summed E-state index contributed by atoms with van der Waals surface area (Å²) in [5.74, 6) is 1.35. The second-order valence-electron chi connectivity index (χ2n) is 9.99. The van der Waals surface area contributed by atoms with Crippen LogP contribution in [0.15, 0.2) is 36.4 Å². The molecule has 0 spiro atoms. The van der Waals surface area contributed by atoms with Crippen LogP contribution in [0.2, 0.25) is 0 Å². The van der Waals surface area contributed by atoms with E-state index in [1.54, 1.807) is 12.1 Å². The number of halogens is 1. The maximum Gasteiger partial charge on any atom is 0.141 e. The van der Waals surface area contributed by atoms with Crippen LogP contribution < -0.4 is 0 Å². The zero-order chi connectivity index (χ0) is 21.4. The van der Waals surface area contributed by atoms with Crippen molar-refractivity contribution in [3.63, 3.8) is 0 Å². The van der Waals surface area contributed by atoms with Crippen molar-refractivity contribution in [3.05, 3.63) is 70.0 Å². The SMILES string of the molecule is Cc1cc(CC2CCN(Cc3ccc(F)cc3)CC2)cc2c1C(C=O)N(CC1CC1)C2. The molecule has 164 valence electrons. The van der Waals surface area contributed by atoms with Gasteiger partial charge in [0, 0.05) is 19.6 Å². The van der Waals surface area contributed by atoms with E-state index in [2.05, 4.69) is 28.9 Å². The van der Waals surface area contributed by atoms with Gasteiger partial charge >= 0.3 is 0 Å². The molecule has 1 saturated carbocycles. The molecule has 0 radical (unpaired) electrons. The predicted molar refractivity (Wildman–Crippen MR) is 121 cm³/mol. The molecule has 2 fully saturated rings. The Morgan fingerprint density at radius 3 is 2.42 bits per heavy atom. The predicted octanol–water partition coefficient (Wildman–Crippen LogP) is 5.05. The van der Waals surface area contributed by atoms with Gasteiger partial charge in [-0.15, -0.1) is 0 Å². The van der Waals surface area contributed by atoms with Crippen molar-refractivity contribution >= 4 is 6.29 Å². The molecule has 1 atom stereocenters. The number of likely N-dealkylation sites (tertiary alicyclic amines) is 1. The molecule has 0 N–H and O–H groups in total. The Hall–Kier alpha value is -2.04. The molecule has 1 unspecified atom stereocenters. The lowest BCUT2D eigenvalue weighted by atomic mass is 9.87. The Labute approximate surface area is 185 Å². The van der Waals surface area contributed by atoms with Gasteiger partial charge < -0.3 is 4.79 Å². The largest absolute Gasteiger partial charge is 0.301 e. The summed E-state index contributed by atoms with van der Waals surface area (Å²) in [4.78, 5) is 16.7. The first kappa shape index (κ1) is 20.8. The average molecular weight is 421 g/mol. The number of carbonyl (C=O) groups excluding carboxylic acids is 1. The van der Waals surface area contributed by atoms with Crippen LogP contribution in [0.25, 0.3) is 0 Å². The number of benzene rings is 2. The molecular formula is C27H33FN2O. The van der Waals surface area contributed by atoms with E-state index in [1.165, 1.54) is 53.5 Å². The minimum atomic E-state index is -0.165. The molecule has 5 rings (SSSR count). The molecule has 0 amide bonds. The molecule has 3 aliphatic rings. The van der Waals surface area contributed by atoms with Crippen molar-refractivity contribution in [2.45, 2.75) is 58.2 Å². The Bertz CT molecular complexity index is 929. The van der Waals surface area contributed by atoms with Crippen molar-refractivity contribution < 1.29 is 9.18 Å². The van der Waals surface area contributed by atoms with Gasteiger partial charge in [0.15, 0.2) is 0 Å². The van der Waals surface area contributed by atoms with Crippen LogP contribution in [0.4, 0.5) is 4.39 Å². The molecule has 0 aromatic heterocycles. The van der Waals surface area contributed by atoms with Crippen LogP contribution in [-0.2, 0) is 24.3 Å². The third-order valence-corrected chi connectivity index (χ3v) is 7.46. The molecule has 2 aromatic carbocycles. The Balaban J connectivity index is 1.19. The molecule has 31 heavy (non-hydrogen) atoms. The van der Waals surface area contributed by atoms with Crippen molar-refractivity contribution in [2.24, 2.45) is 11.8 Å². The summed E-state index contributed by atoms with van der Waals surface area (Å²) in [5, 5.41) is 0. The van der Waals surface area contributed by atoms with Crippen LogP contribution in [0.3, 0.4) is 0 Å². The molecule has 2 heterocycles. The topological polar surface area (TPSA) is 23.6 Å². The van der Waals surface area contributed by atoms with E-state index >= 15 is 0 Å². The monoisotopic (exact) mass is 420 g/mol. The lowest BCUT2D eigenvalue weighted by Gasteiger charge is -2.32. The van der Waals surface area contributed by atoms with E-state index in [-0.39, 0.29) is 11.9 Å². The normalized spacial score (nSPS) is 22.6. The minimum Gasteiger partial charge on any atom is -0.301 e. The smallest absolute Gasteiger partial charge is 0.141 e. The van der Waals surface area contributed by atoms with Gasteiger partial charge in [-0.2, -0.15) is 0 Å². The van der Waals surface area contributed by atoms with Gasteiger partial charge in [0.05, 0.1) is 6.04 Å². The number of aryl methyl sites for hydroxylation is 1. The van der Waals surface area contributed by atoms with Crippen molar-refractivity contribution in [1.29, 1.82) is 0 Å². The number of aldehydes is 1. The van der Waals surface area contributed by atoms with Gasteiger partial charge in [0.1, 0.15) is 12.1 Å². The van der Waals surface area contributed by atoms with Gasteiger partial charge in [-0.25, -0.2) is 4.39 Å². The van der Waals surface area contributed by atoms with Crippen LogP contribution in [-0.4, -0.2) is 35.7 Å². The van der Waals surface area contributed by atoms with Crippen LogP contribution >= 0.6 is 0 Å². The quantitative estimate of drug-likeness (QED) is 0.586. The minimum absolute atomic E-state index is 0.0423. The number of carbonyl (C=O) groups is 1. The third kappa shape index (κ3) is 4.75. The number of fused-ring (bicyclic) bond motifs is 1. The highest BCUT2D eigenvalue weighted by atomic mass is 19.1. The fourth-order valence-electron chi connectivity index (χ4n) is 5.62. The van der Waals surface area contributed by atoms with Gasteiger partial charge in [-0.3, -0.25) is 9.80 Å². The van der Waals surface area contributed by atoms with Crippen molar-refractivity contribution in [3.8, 4) is 0 Å². The summed E-state index contributed by atoms with van der Waals surface area (Å²) in [7, 11) is 0. The first-order valence-electron chi connectivity index (χ1n) is 11.9. The van der Waals surface area contributed by atoms with Crippen LogP contribution in [0.5, 0.6) is 0 Å². The third-order valence-electron chi connectivity index (χ3n) is 7.46. The van der Waals surface area contributed by atoms with E-state index in [9.17, 15) is 9.18 Å². The molecular weight excluding hydrogens is 387 g/mol. The van der Waals surface area contributed by atoms with Gasteiger partial charge in [-0.1, -0.05) is 24.3 Å². The Kier molecular flexibility index (Phi) is 5.94. The van der Waals surface area contributed by atoms with Crippen LogP contribution in [0, 0.1) is 24.6 Å². The average Bonchev–Trinajstić information content (AvgIpc) is 3.50. The summed E-state index contributed by atoms with van der Waals surface area (Å²) in [6.07, 6.45) is 7.35. The number of piperidine rings is 1. The highest BCUT2D eigenvalue weighted by Gasteiger charge is 2.35. The number of hydrogen-bond donors (Lipinski definition) is 0. The van der Waals surface area contributed by atoms with Gasteiger partial charge in [0.25, 0.3) is 0 Å². The van der Waals surface area contributed by atoms with E-state index in [0.29, 0.717) is 5.92 Å². The van der Waals surface area contributed by atoms with E-state index in [0.717, 1.165) is 51.3 Å². The Morgan fingerprint density at radius 2 is 1.74 bits per heavy atom.